The van der Waals surface area contributed by atoms with Crippen LogP contribution in [0.5, 0.6) is 0 Å². The molecule has 0 radical (unpaired) electrons. The van der Waals surface area contributed by atoms with E-state index in [-0.39, 0.29) is 12.2 Å². The molecule has 0 spiro atoms. The van der Waals surface area contributed by atoms with Crippen molar-refractivity contribution in [2.75, 3.05) is 0 Å². The minimum absolute atomic E-state index is 0.207. The Morgan fingerprint density at radius 2 is 1.50 bits per heavy atom. The molecule has 0 aromatic carbocycles. The summed E-state index contributed by atoms with van der Waals surface area (Å²) in [4.78, 5) is 0. The molecule has 1 heterocycles. The van der Waals surface area contributed by atoms with Gasteiger partial charge >= 0.3 is 0 Å². The highest BCUT2D eigenvalue weighted by molar-refractivity contribution is 4.82. The van der Waals surface area contributed by atoms with E-state index in [9.17, 15) is 5.11 Å². The van der Waals surface area contributed by atoms with Crippen molar-refractivity contribution in [3.05, 3.63) is 0 Å². The number of hydrogen-bond donors (Lipinski definition) is 1. The predicted octanol–water partition coefficient (Wildman–Crippen LogP) is 2.35. The summed E-state index contributed by atoms with van der Waals surface area (Å²) in [5.74, 6) is 0. The molecule has 1 aliphatic heterocycles. The summed E-state index contributed by atoms with van der Waals surface area (Å²) >= 11 is 0. The monoisotopic (exact) mass is 174 g/mol. The molecule has 1 fully saturated rings. The van der Waals surface area contributed by atoms with E-state index in [1.807, 2.05) is 34.6 Å². The fourth-order valence-electron chi connectivity index (χ4n) is 1.81. The smallest absolute Gasteiger partial charge is 0.0668 e. The molecule has 1 N–H and O–H groups in total. The Morgan fingerprint density at radius 3 is 1.75 bits per heavy atom. The Balaban J connectivity index is 0.000000561. The molecule has 2 heteroatoms. The third-order valence-electron chi connectivity index (χ3n) is 1.92. The first-order valence-electron chi connectivity index (χ1n) is 4.87. The highest BCUT2D eigenvalue weighted by Crippen LogP contribution is 2.27. The summed E-state index contributed by atoms with van der Waals surface area (Å²) < 4.78 is 5.46. The van der Waals surface area contributed by atoms with Gasteiger partial charge < -0.3 is 9.84 Å². The van der Waals surface area contributed by atoms with Crippen LogP contribution in [0.3, 0.4) is 0 Å². The lowest BCUT2D eigenvalue weighted by Crippen LogP contribution is -2.40. The molecular formula is C10H22O2. The van der Waals surface area contributed by atoms with Crippen LogP contribution in [0.2, 0.25) is 0 Å². The van der Waals surface area contributed by atoms with Gasteiger partial charge in [-0.3, -0.25) is 0 Å². The zero-order valence-electron chi connectivity index (χ0n) is 8.92. The lowest BCUT2D eigenvalue weighted by Gasteiger charge is -2.36. The van der Waals surface area contributed by atoms with Gasteiger partial charge in [-0.2, -0.15) is 0 Å². The van der Waals surface area contributed by atoms with Crippen LogP contribution in [-0.4, -0.2) is 22.9 Å². The van der Waals surface area contributed by atoms with Crippen LogP contribution in [0.4, 0.5) is 0 Å². The summed E-state index contributed by atoms with van der Waals surface area (Å²) in [5, 5.41) is 9.64. The molecule has 0 amide bonds. The van der Waals surface area contributed by atoms with Crippen LogP contribution in [0.15, 0.2) is 0 Å². The zero-order valence-corrected chi connectivity index (χ0v) is 8.92. The first kappa shape index (κ1) is 11.9. The molecule has 0 bridgehead atoms. The van der Waals surface area contributed by atoms with E-state index in [4.69, 9.17) is 4.74 Å². The summed E-state index contributed by atoms with van der Waals surface area (Å²) in [7, 11) is 0. The van der Waals surface area contributed by atoms with Gasteiger partial charge in [-0.25, -0.2) is 0 Å². The van der Waals surface area contributed by atoms with Crippen LogP contribution in [0.1, 0.15) is 47.5 Å². The van der Waals surface area contributed by atoms with Crippen LogP contribution < -0.4 is 0 Å². The lowest BCUT2D eigenvalue weighted by molar-refractivity contribution is -0.123. The molecule has 2 nitrogen and oxygen atoms in total. The molecule has 1 rings (SSSR count). The van der Waals surface area contributed by atoms with Gasteiger partial charge in [0.25, 0.3) is 0 Å². The van der Waals surface area contributed by atoms with Gasteiger partial charge in [0, 0.05) is 12.8 Å². The minimum Gasteiger partial charge on any atom is -0.390 e. The minimum atomic E-state index is -0.503. The summed E-state index contributed by atoms with van der Waals surface area (Å²) in [5.41, 5.74) is -0.503. The topological polar surface area (TPSA) is 29.5 Å². The van der Waals surface area contributed by atoms with Crippen LogP contribution in [0.25, 0.3) is 0 Å². The largest absolute Gasteiger partial charge is 0.390 e. The second-order valence-corrected chi connectivity index (χ2v) is 3.66. The fraction of sp³-hybridized carbons (Fsp3) is 1.00. The average Bonchev–Trinajstić information content (AvgIpc) is 1.85. The Labute approximate surface area is 75.9 Å². The maximum Gasteiger partial charge on any atom is 0.0668 e. The number of aliphatic hydroxyl groups is 1. The highest BCUT2D eigenvalue weighted by atomic mass is 16.5. The number of rotatable bonds is 0. The van der Waals surface area contributed by atoms with E-state index in [2.05, 4.69) is 0 Å². The van der Waals surface area contributed by atoms with Crippen molar-refractivity contribution in [3.63, 3.8) is 0 Å². The van der Waals surface area contributed by atoms with Gasteiger partial charge in [0.15, 0.2) is 0 Å². The molecule has 0 aromatic heterocycles. The molecule has 2 atom stereocenters. The molecule has 0 aromatic rings. The molecule has 0 saturated carbocycles. The van der Waals surface area contributed by atoms with Crippen molar-refractivity contribution in [1.82, 2.24) is 0 Å². The molecule has 1 saturated heterocycles. The maximum atomic E-state index is 9.64. The molecule has 1 aliphatic rings. The summed E-state index contributed by atoms with van der Waals surface area (Å²) in [6.07, 6.45) is 1.94. The Morgan fingerprint density at radius 1 is 1.17 bits per heavy atom. The van der Waals surface area contributed by atoms with Gasteiger partial charge in [-0.15, -0.1) is 0 Å². The Kier molecular flexibility index (Phi) is 4.80. The van der Waals surface area contributed by atoms with Gasteiger partial charge in [0.2, 0.25) is 0 Å². The average molecular weight is 174 g/mol. The highest BCUT2D eigenvalue weighted by Gasteiger charge is 2.32. The predicted molar refractivity (Wildman–Crippen MR) is 51.2 cm³/mol. The fourth-order valence-corrected chi connectivity index (χ4v) is 1.81. The van der Waals surface area contributed by atoms with Gasteiger partial charge in [-0.1, -0.05) is 13.8 Å². The molecule has 0 aliphatic carbocycles. The Bertz CT molecular complexity index is 109. The van der Waals surface area contributed by atoms with Crippen molar-refractivity contribution < 1.29 is 9.84 Å². The third-order valence-corrected chi connectivity index (χ3v) is 1.92. The van der Waals surface area contributed by atoms with Crippen LogP contribution in [-0.2, 0) is 4.74 Å². The normalized spacial score (nSPS) is 41.5. The van der Waals surface area contributed by atoms with E-state index in [1.165, 1.54) is 0 Å². The van der Waals surface area contributed by atoms with E-state index < -0.39 is 5.60 Å². The Hall–Kier alpha value is -0.0800. The quantitative estimate of drug-likeness (QED) is 0.611. The van der Waals surface area contributed by atoms with Crippen molar-refractivity contribution in [2.45, 2.75) is 65.3 Å². The molecule has 74 valence electrons. The second-order valence-electron chi connectivity index (χ2n) is 3.66. The molecular weight excluding hydrogens is 152 g/mol. The lowest BCUT2D eigenvalue weighted by atomic mass is 9.90. The maximum absolute atomic E-state index is 9.64. The second kappa shape index (κ2) is 4.83. The van der Waals surface area contributed by atoms with Crippen LogP contribution in [0, 0.1) is 0 Å². The van der Waals surface area contributed by atoms with Crippen LogP contribution >= 0.6 is 0 Å². The number of hydrogen-bond acceptors (Lipinski definition) is 2. The third kappa shape index (κ3) is 4.07. The van der Waals surface area contributed by atoms with E-state index in [1.54, 1.807) is 0 Å². The molecule has 12 heavy (non-hydrogen) atoms. The van der Waals surface area contributed by atoms with E-state index >= 15 is 0 Å². The van der Waals surface area contributed by atoms with Crippen molar-refractivity contribution in [2.24, 2.45) is 0 Å². The number of ether oxygens (including phenoxy) is 1. The zero-order chi connectivity index (χ0) is 9.78. The van der Waals surface area contributed by atoms with Crippen molar-refractivity contribution in [1.29, 1.82) is 0 Å². The molecule has 2 unspecified atom stereocenters. The van der Waals surface area contributed by atoms with Gasteiger partial charge in [0.05, 0.1) is 17.8 Å². The SMILES string of the molecule is CC.CC1CC(C)(O)CC(C)O1. The van der Waals surface area contributed by atoms with Crippen molar-refractivity contribution >= 4 is 0 Å². The summed E-state index contributed by atoms with van der Waals surface area (Å²) in [6.45, 7) is 9.89. The van der Waals surface area contributed by atoms with Crippen molar-refractivity contribution in [3.8, 4) is 0 Å². The standard InChI is InChI=1S/C8H16O2.C2H6/c1-6-4-8(3,9)5-7(2)10-6;1-2/h6-7,9H,4-5H2,1-3H3;1-2H3. The first-order valence-corrected chi connectivity index (χ1v) is 4.87. The van der Waals surface area contributed by atoms with E-state index in [0.29, 0.717) is 0 Å². The summed E-state index contributed by atoms with van der Waals surface area (Å²) in [6, 6.07) is 0. The van der Waals surface area contributed by atoms with E-state index in [0.717, 1.165) is 12.8 Å². The van der Waals surface area contributed by atoms with Gasteiger partial charge in [-0.05, 0) is 20.8 Å². The first-order chi connectivity index (χ1) is 5.49. The van der Waals surface area contributed by atoms with Gasteiger partial charge in [0.1, 0.15) is 0 Å².